The molecule has 1 aliphatic rings. The quantitative estimate of drug-likeness (QED) is 0.202. The molecule has 1 aromatic rings. The second kappa shape index (κ2) is 12.7. The molecular formula is C29H38N2O7. The number of esters is 1. The van der Waals surface area contributed by atoms with Crippen LogP contribution in [0, 0.1) is 5.92 Å². The third-order valence-corrected chi connectivity index (χ3v) is 5.42. The molecule has 1 heterocycles. The fraction of sp³-hybridized carbons (Fsp3) is 0.483. The largest absolute Gasteiger partial charge is 0.490 e. The number of ether oxygens (including phenoxy) is 2. The molecule has 1 aliphatic heterocycles. The van der Waals surface area contributed by atoms with E-state index in [0.29, 0.717) is 29.9 Å². The highest BCUT2D eigenvalue weighted by atomic mass is 16.6. The zero-order valence-corrected chi connectivity index (χ0v) is 23.5. The van der Waals surface area contributed by atoms with Crippen molar-refractivity contribution < 1.29 is 33.4 Å². The van der Waals surface area contributed by atoms with E-state index in [0.717, 1.165) is 10.5 Å². The molecule has 0 fully saturated rings. The SMILES string of the molecule is CC(C)=CCOc1ccc(C2=C(CC(C)C)C(=O)N(CC(=O)C(=O)NC(C)C(=O)OC(C)(C)C)C2=O)cc1. The number of benzene rings is 1. The van der Waals surface area contributed by atoms with E-state index in [9.17, 15) is 24.0 Å². The summed E-state index contributed by atoms with van der Waals surface area (Å²) < 4.78 is 10.9. The second-order valence-electron chi connectivity index (χ2n) is 10.9. The van der Waals surface area contributed by atoms with Gasteiger partial charge in [0.05, 0.1) is 12.1 Å². The Morgan fingerprint density at radius 1 is 1.00 bits per heavy atom. The number of ketones is 1. The molecule has 3 amide bonds. The fourth-order valence-corrected chi connectivity index (χ4v) is 3.63. The van der Waals surface area contributed by atoms with Crippen molar-refractivity contribution in [3.8, 4) is 5.75 Å². The van der Waals surface area contributed by atoms with Gasteiger partial charge in [-0.2, -0.15) is 0 Å². The molecule has 1 unspecified atom stereocenters. The van der Waals surface area contributed by atoms with Gasteiger partial charge >= 0.3 is 5.97 Å². The van der Waals surface area contributed by atoms with Gasteiger partial charge in [-0.05, 0) is 77.7 Å². The lowest BCUT2D eigenvalue weighted by atomic mass is 9.95. The second-order valence-corrected chi connectivity index (χ2v) is 10.9. The lowest BCUT2D eigenvalue weighted by molar-refractivity contribution is -0.158. The van der Waals surface area contributed by atoms with Crippen LogP contribution in [0.25, 0.3) is 5.57 Å². The van der Waals surface area contributed by atoms with Gasteiger partial charge in [-0.3, -0.25) is 24.1 Å². The monoisotopic (exact) mass is 526 g/mol. The number of carbonyl (C=O) groups excluding carboxylic acids is 5. The van der Waals surface area contributed by atoms with Crippen LogP contribution < -0.4 is 10.1 Å². The summed E-state index contributed by atoms with van der Waals surface area (Å²) in [6, 6.07) is 5.73. The van der Waals surface area contributed by atoms with Gasteiger partial charge in [0, 0.05) is 5.57 Å². The number of nitrogens with zero attached hydrogens (tertiary/aromatic N) is 1. The highest BCUT2D eigenvalue weighted by molar-refractivity contribution is 6.41. The normalized spacial score (nSPS) is 14.5. The lowest BCUT2D eigenvalue weighted by Crippen LogP contribution is -2.48. The summed E-state index contributed by atoms with van der Waals surface area (Å²) in [4.78, 5) is 64.6. The Morgan fingerprint density at radius 3 is 2.13 bits per heavy atom. The van der Waals surface area contributed by atoms with E-state index in [1.807, 2.05) is 33.8 Å². The van der Waals surface area contributed by atoms with Crippen molar-refractivity contribution in [2.75, 3.05) is 13.2 Å². The summed E-state index contributed by atoms with van der Waals surface area (Å²) in [6.07, 6.45) is 2.26. The maximum absolute atomic E-state index is 13.3. The number of hydrogen-bond acceptors (Lipinski definition) is 7. The van der Waals surface area contributed by atoms with Crippen LogP contribution in [0.3, 0.4) is 0 Å². The Hall–Kier alpha value is -3.75. The van der Waals surface area contributed by atoms with Gasteiger partial charge < -0.3 is 14.8 Å². The molecule has 0 saturated heterocycles. The molecule has 1 aromatic carbocycles. The van der Waals surface area contributed by atoms with Crippen molar-refractivity contribution in [2.45, 2.75) is 73.5 Å². The molecule has 0 bridgehead atoms. The minimum atomic E-state index is -1.08. The van der Waals surface area contributed by atoms with E-state index in [2.05, 4.69) is 5.32 Å². The Morgan fingerprint density at radius 2 is 1.61 bits per heavy atom. The van der Waals surface area contributed by atoms with Crippen LogP contribution >= 0.6 is 0 Å². The number of nitrogens with one attached hydrogen (secondary N) is 1. The molecular weight excluding hydrogens is 488 g/mol. The first-order valence-corrected chi connectivity index (χ1v) is 12.6. The van der Waals surface area contributed by atoms with Crippen LogP contribution in [-0.2, 0) is 28.7 Å². The van der Waals surface area contributed by atoms with Gasteiger partial charge in [0.1, 0.15) is 24.0 Å². The number of allylic oxidation sites excluding steroid dienone is 1. The third kappa shape index (κ3) is 8.39. The number of Topliss-reactive ketones (excluding diaryl/α,β-unsaturated/α-hetero) is 1. The highest BCUT2D eigenvalue weighted by Crippen LogP contribution is 2.33. The minimum Gasteiger partial charge on any atom is -0.490 e. The first-order valence-electron chi connectivity index (χ1n) is 12.6. The molecule has 0 aliphatic carbocycles. The van der Waals surface area contributed by atoms with Crippen molar-refractivity contribution >= 4 is 35.0 Å². The summed E-state index contributed by atoms with van der Waals surface area (Å²) in [5.74, 6) is -3.39. The predicted octanol–water partition coefficient (Wildman–Crippen LogP) is 3.62. The Balaban J connectivity index is 2.19. The van der Waals surface area contributed by atoms with E-state index >= 15 is 0 Å². The molecule has 1 N–H and O–H groups in total. The minimum absolute atomic E-state index is 0.0667. The van der Waals surface area contributed by atoms with E-state index < -0.39 is 47.7 Å². The summed E-state index contributed by atoms with van der Waals surface area (Å²) in [7, 11) is 0. The predicted molar refractivity (Wildman–Crippen MR) is 143 cm³/mol. The smallest absolute Gasteiger partial charge is 0.328 e. The molecule has 0 spiro atoms. The van der Waals surface area contributed by atoms with E-state index in [4.69, 9.17) is 9.47 Å². The van der Waals surface area contributed by atoms with Crippen LogP contribution in [0.4, 0.5) is 0 Å². The molecule has 0 saturated carbocycles. The molecule has 1 atom stereocenters. The average Bonchev–Trinajstić information content (AvgIpc) is 3.01. The van der Waals surface area contributed by atoms with Gasteiger partial charge in [0.25, 0.3) is 17.7 Å². The maximum atomic E-state index is 13.3. The number of imide groups is 1. The van der Waals surface area contributed by atoms with Crippen molar-refractivity contribution in [3.63, 3.8) is 0 Å². The summed E-state index contributed by atoms with van der Waals surface area (Å²) in [5.41, 5.74) is 1.38. The van der Waals surface area contributed by atoms with E-state index in [1.165, 1.54) is 6.92 Å². The maximum Gasteiger partial charge on any atom is 0.328 e. The summed E-state index contributed by atoms with van der Waals surface area (Å²) in [6.45, 7) is 13.9. The van der Waals surface area contributed by atoms with Crippen LogP contribution in [0.15, 0.2) is 41.5 Å². The highest BCUT2D eigenvalue weighted by Gasteiger charge is 2.40. The summed E-state index contributed by atoms with van der Waals surface area (Å²) >= 11 is 0. The van der Waals surface area contributed by atoms with Crippen molar-refractivity contribution in [1.82, 2.24) is 10.2 Å². The molecule has 2 rings (SSSR count). The zero-order valence-electron chi connectivity index (χ0n) is 23.5. The molecule has 0 aromatic heterocycles. The van der Waals surface area contributed by atoms with Crippen LogP contribution in [0.1, 0.15) is 67.4 Å². The van der Waals surface area contributed by atoms with Gasteiger partial charge in [0.15, 0.2) is 0 Å². The van der Waals surface area contributed by atoms with E-state index in [1.54, 1.807) is 45.0 Å². The van der Waals surface area contributed by atoms with Crippen molar-refractivity contribution in [1.29, 1.82) is 0 Å². The van der Waals surface area contributed by atoms with Gasteiger partial charge in [-0.25, -0.2) is 4.79 Å². The molecule has 38 heavy (non-hydrogen) atoms. The molecule has 206 valence electrons. The van der Waals surface area contributed by atoms with Gasteiger partial charge in [-0.15, -0.1) is 0 Å². The van der Waals surface area contributed by atoms with Crippen LogP contribution in [-0.4, -0.2) is 59.2 Å². The Kier molecular flexibility index (Phi) is 10.2. The van der Waals surface area contributed by atoms with Crippen molar-refractivity contribution in [3.05, 3.63) is 47.1 Å². The van der Waals surface area contributed by atoms with E-state index in [-0.39, 0.29) is 11.5 Å². The third-order valence-electron chi connectivity index (χ3n) is 5.42. The summed E-state index contributed by atoms with van der Waals surface area (Å²) in [5, 5.41) is 2.28. The lowest BCUT2D eigenvalue weighted by Gasteiger charge is -2.22. The topological polar surface area (TPSA) is 119 Å². The van der Waals surface area contributed by atoms with Crippen molar-refractivity contribution in [2.24, 2.45) is 5.92 Å². The zero-order chi connectivity index (χ0) is 28.8. The fourth-order valence-electron chi connectivity index (χ4n) is 3.63. The number of carbonyl (C=O) groups is 5. The number of hydrogen-bond donors (Lipinski definition) is 1. The first kappa shape index (κ1) is 30.5. The average molecular weight is 527 g/mol. The molecule has 9 nitrogen and oxygen atoms in total. The van der Waals surface area contributed by atoms with Crippen LogP contribution in [0.5, 0.6) is 5.75 Å². The molecule has 9 heteroatoms. The van der Waals surface area contributed by atoms with Crippen LogP contribution in [0.2, 0.25) is 0 Å². The standard InChI is InChI=1S/C29H38N2O7/c1-17(2)13-14-37-21-11-9-20(10-12-21)24-22(15-18(3)4)26(34)31(27(24)35)16-23(32)25(33)30-19(5)28(36)38-29(6,7)8/h9-13,18-19H,14-16H2,1-8H3,(H,30,33). The molecule has 0 radical (unpaired) electrons. The Bertz CT molecular complexity index is 1150. The number of amides is 3. The number of rotatable bonds is 11. The first-order chi connectivity index (χ1) is 17.6. The van der Waals surface area contributed by atoms with Gasteiger partial charge in [-0.1, -0.05) is 31.6 Å². The van der Waals surface area contributed by atoms with Gasteiger partial charge in [0.2, 0.25) is 5.78 Å². The Labute approximate surface area is 224 Å².